The van der Waals surface area contributed by atoms with Gasteiger partial charge in [0.25, 0.3) is 5.91 Å². The molecule has 0 spiro atoms. The summed E-state index contributed by atoms with van der Waals surface area (Å²) in [5, 5.41) is 3.82. The first kappa shape index (κ1) is 12.9. The summed E-state index contributed by atoms with van der Waals surface area (Å²) in [6, 6.07) is 1.72. The molecule has 1 saturated heterocycles. The summed E-state index contributed by atoms with van der Waals surface area (Å²) in [5.74, 6) is 2.06. The van der Waals surface area contributed by atoms with E-state index >= 15 is 0 Å². The van der Waals surface area contributed by atoms with Gasteiger partial charge in [-0.3, -0.25) is 4.79 Å². The first-order chi connectivity index (χ1) is 9.65. The fourth-order valence-electron chi connectivity index (χ4n) is 2.62. The van der Waals surface area contributed by atoms with E-state index in [4.69, 9.17) is 8.94 Å². The maximum Gasteiger partial charge on any atom is 0.257 e. The smallest absolute Gasteiger partial charge is 0.257 e. The van der Waals surface area contributed by atoms with Crippen molar-refractivity contribution >= 4 is 5.91 Å². The number of carbonyl (C=O) groups excluding carboxylic acids is 1. The van der Waals surface area contributed by atoms with Crippen molar-refractivity contribution in [1.29, 1.82) is 0 Å². The third-order valence-electron chi connectivity index (χ3n) is 3.69. The van der Waals surface area contributed by atoms with E-state index in [1.807, 2.05) is 4.90 Å². The number of hydrogen-bond donors (Lipinski definition) is 0. The normalized spacial score (nSPS) is 19.3. The zero-order valence-corrected chi connectivity index (χ0v) is 11.6. The molecule has 0 N–H and O–H groups in total. The van der Waals surface area contributed by atoms with Crippen molar-refractivity contribution in [2.24, 2.45) is 0 Å². The number of piperidine rings is 1. The molecule has 0 aliphatic carbocycles. The molecular weight excluding hydrogens is 258 g/mol. The highest BCUT2D eigenvalue weighted by atomic mass is 16.5. The fourth-order valence-corrected chi connectivity index (χ4v) is 2.62. The van der Waals surface area contributed by atoms with Crippen molar-refractivity contribution in [1.82, 2.24) is 15.0 Å². The van der Waals surface area contributed by atoms with Crippen LogP contribution in [-0.2, 0) is 0 Å². The second-order valence-electron chi connectivity index (χ2n) is 5.16. The molecule has 1 aliphatic heterocycles. The van der Waals surface area contributed by atoms with Gasteiger partial charge in [0.2, 0.25) is 5.89 Å². The van der Waals surface area contributed by atoms with E-state index in [-0.39, 0.29) is 11.8 Å². The Balaban J connectivity index is 1.75. The van der Waals surface area contributed by atoms with Crippen LogP contribution in [0.4, 0.5) is 0 Å². The third-order valence-corrected chi connectivity index (χ3v) is 3.69. The maximum atomic E-state index is 12.5. The highest BCUT2D eigenvalue weighted by molar-refractivity contribution is 5.95. The quantitative estimate of drug-likeness (QED) is 0.840. The summed E-state index contributed by atoms with van der Waals surface area (Å²) in [6.07, 6.45) is 3.45. The third kappa shape index (κ3) is 2.33. The molecule has 6 heteroatoms. The van der Waals surface area contributed by atoms with E-state index in [2.05, 4.69) is 10.1 Å². The highest BCUT2D eigenvalue weighted by Crippen LogP contribution is 2.27. The number of carbonyl (C=O) groups is 1. The van der Waals surface area contributed by atoms with Crippen LogP contribution < -0.4 is 0 Å². The Labute approximate surface area is 116 Å². The Morgan fingerprint density at radius 1 is 1.45 bits per heavy atom. The molecule has 0 aromatic carbocycles. The van der Waals surface area contributed by atoms with Gasteiger partial charge in [-0.1, -0.05) is 5.16 Å². The second kappa shape index (κ2) is 5.11. The number of nitrogens with zero attached hydrogens (tertiary/aromatic N) is 3. The van der Waals surface area contributed by atoms with E-state index in [0.717, 1.165) is 19.4 Å². The van der Waals surface area contributed by atoms with Gasteiger partial charge in [-0.2, -0.15) is 4.98 Å². The van der Waals surface area contributed by atoms with E-state index in [0.29, 0.717) is 29.6 Å². The maximum absolute atomic E-state index is 12.5. The van der Waals surface area contributed by atoms with Crippen molar-refractivity contribution < 1.29 is 13.7 Å². The standard InChI is InChI=1S/C14H17N3O3/c1-9-12(5-7-19-9)14(18)17-6-3-4-11(8-17)13-15-10(2)16-20-13/h5,7,11H,3-4,6,8H2,1-2H3/t11-/m0/s1. The minimum absolute atomic E-state index is 0.0113. The van der Waals surface area contributed by atoms with Gasteiger partial charge in [0, 0.05) is 13.1 Å². The number of aryl methyl sites for hydroxylation is 2. The van der Waals surface area contributed by atoms with Crippen LogP contribution in [0.1, 0.15) is 46.6 Å². The molecule has 2 aromatic rings. The van der Waals surface area contributed by atoms with Gasteiger partial charge in [0.05, 0.1) is 17.7 Å². The molecule has 106 valence electrons. The van der Waals surface area contributed by atoms with Gasteiger partial charge < -0.3 is 13.8 Å². The minimum Gasteiger partial charge on any atom is -0.469 e. The lowest BCUT2D eigenvalue weighted by molar-refractivity contribution is 0.0694. The topological polar surface area (TPSA) is 72.4 Å². The van der Waals surface area contributed by atoms with E-state index in [9.17, 15) is 4.79 Å². The van der Waals surface area contributed by atoms with Gasteiger partial charge in [-0.15, -0.1) is 0 Å². The lowest BCUT2D eigenvalue weighted by atomic mass is 9.97. The molecule has 3 rings (SSSR count). The van der Waals surface area contributed by atoms with E-state index < -0.39 is 0 Å². The van der Waals surface area contributed by atoms with Crippen LogP contribution in [0.5, 0.6) is 0 Å². The summed E-state index contributed by atoms with van der Waals surface area (Å²) in [5.41, 5.74) is 0.632. The van der Waals surface area contributed by atoms with Crippen LogP contribution in [0.3, 0.4) is 0 Å². The van der Waals surface area contributed by atoms with Crippen LogP contribution >= 0.6 is 0 Å². The average molecular weight is 275 g/mol. The largest absolute Gasteiger partial charge is 0.469 e. The first-order valence-corrected chi connectivity index (χ1v) is 6.78. The molecule has 6 nitrogen and oxygen atoms in total. The molecule has 0 bridgehead atoms. The van der Waals surface area contributed by atoms with Crippen LogP contribution in [0.25, 0.3) is 0 Å². The number of rotatable bonds is 2. The minimum atomic E-state index is 0.0113. The molecule has 0 unspecified atom stereocenters. The predicted octanol–water partition coefficient (Wildman–Crippen LogP) is 2.30. The lowest BCUT2D eigenvalue weighted by Crippen LogP contribution is -2.39. The van der Waals surface area contributed by atoms with Gasteiger partial charge >= 0.3 is 0 Å². The highest BCUT2D eigenvalue weighted by Gasteiger charge is 2.29. The molecule has 0 saturated carbocycles. The number of likely N-dealkylation sites (tertiary alicyclic amines) is 1. The monoisotopic (exact) mass is 275 g/mol. The molecular formula is C14H17N3O3. The van der Waals surface area contributed by atoms with E-state index in [1.165, 1.54) is 0 Å². The molecule has 1 fully saturated rings. The van der Waals surface area contributed by atoms with E-state index in [1.54, 1.807) is 26.2 Å². The number of amides is 1. The summed E-state index contributed by atoms with van der Waals surface area (Å²) in [7, 11) is 0. The molecule has 1 atom stereocenters. The first-order valence-electron chi connectivity index (χ1n) is 6.78. The summed E-state index contributed by atoms with van der Waals surface area (Å²) in [4.78, 5) is 18.6. The summed E-state index contributed by atoms with van der Waals surface area (Å²) < 4.78 is 10.4. The summed E-state index contributed by atoms with van der Waals surface area (Å²) >= 11 is 0. The number of furan rings is 1. The van der Waals surface area contributed by atoms with Crippen molar-refractivity contribution in [2.75, 3.05) is 13.1 Å². The molecule has 20 heavy (non-hydrogen) atoms. The van der Waals surface area contributed by atoms with Gasteiger partial charge in [0.15, 0.2) is 5.82 Å². The molecule has 1 amide bonds. The van der Waals surface area contributed by atoms with Gasteiger partial charge in [-0.25, -0.2) is 0 Å². The molecule has 1 aliphatic rings. The van der Waals surface area contributed by atoms with Crippen LogP contribution in [-0.4, -0.2) is 34.0 Å². The Kier molecular flexibility index (Phi) is 3.30. The van der Waals surface area contributed by atoms with Crippen molar-refractivity contribution in [3.63, 3.8) is 0 Å². The Morgan fingerprint density at radius 3 is 2.95 bits per heavy atom. The van der Waals surface area contributed by atoms with Gasteiger partial charge in [-0.05, 0) is 32.8 Å². The zero-order chi connectivity index (χ0) is 14.1. The van der Waals surface area contributed by atoms with Crippen LogP contribution in [0, 0.1) is 13.8 Å². The average Bonchev–Trinajstić information content (AvgIpc) is 3.07. The fraction of sp³-hybridized carbons (Fsp3) is 0.500. The van der Waals surface area contributed by atoms with Crippen molar-refractivity contribution in [3.05, 3.63) is 35.4 Å². The van der Waals surface area contributed by atoms with Crippen LogP contribution in [0.2, 0.25) is 0 Å². The Bertz CT molecular complexity index is 617. The molecule has 3 heterocycles. The Hall–Kier alpha value is -2.11. The SMILES string of the molecule is Cc1noc([C@H]2CCCN(C(=O)c3ccoc3C)C2)n1. The van der Waals surface area contributed by atoms with Crippen molar-refractivity contribution in [3.8, 4) is 0 Å². The van der Waals surface area contributed by atoms with Crippen molar-refractivity contribution in [2.45, 2.75) is 32.6 Å². The molecule has 0 radical (unpaired) electrons. The molecule has 2 aromatic heterocycles. The predicted molar refractivity (Wildman–Crippen MR) is 70.4 cm³/mol. The van der Waals surface area contributed by atoms with Gasteiger partial charge in [0.1, 0.15) is 5.76 Å². The Morgan fingerprint density at radius 2 is 2.30 bits per heavy atom. The second-order valence-corrected chi connectivity index (χ2v) is 5.16. The van der Waals surface area contributed by atoms with Crippen LogP contribution in [0.15, 0.2) is 21.3 Å². The number of aromatic nitrogens is 2. The summed E-state index contributed by atoms with van der Waals surface area (Å²) in [6.45, 7) is 4.97. The zero-order valence-electron chi connectivity index (χ0n) is 11.6. The number of hydrogen-bond acceptors (Lipinski definition) is 5. The lowest BCUT2D eigenvalue weighted by Gasteiger charge is -2.30.